The van der Waals surface area contributed by atoms with E-state index in [-0.39, 0.29) is 11.7 Å². The van der Waals surface area contributed by atoms with Crippen LogP contribution in [0.2, 0.25) is 0 Å². The lowest BCUT2D eigenvalue weighted by atomic mass is 9.99. The Morgan fingerprint density at radius 1 is 1.24 bits per heavy atom. The fraction of sp³-hybridized carbons (Fsp3) is 0.769. The molecule has 1 aromatic rings. The highest BCUT2D eigenvalue weighted by Gasteiger charge is 2.27. The molecule has 0 spiro atoms. The van der Waals surface area contributed by atoms with Gasteiger partial charge in [-0.15, -0.1) is 0 Å². The van der Waals surface area contributed by atoms with Gasteiger partial charge in [0.2, 0.25) is 0 Å². The van der Waals surface area contributed by atoms with E-state index in [1.807, 2.05) is 17.0 Å². The largest absolute Gasteiger partial charge is 0.328 e. The van der Waals surface area contributed by atoms with Crippen LogP contribution < -0.4 is 11.4 Å². The van der Waals surface area contributed by atoms with Crippen LogP contribution in [0.5, 0.6) is 0 Å². The predicted octanol–water partition coefficient (Wildman–Crippen LogP) is 1.50. The Labute approximate surface area is 101 Å². The second-order valence-electron chi connectivity index (χ2n) is 5.58. The minimum absolute atomic E-state index is 0.126. The van der Waals surface area contributed by atoms with Gasteiger partial charge in [0, 0.05) is 31.0 Å². The number of nitrogens with two attached hydrogens (primary N) is 1. The highest BCUT2D eigenvalue weighted by atomic mass is 16.1. The van der Waals surface area contributed by atoms with Crippen LogP contribution in [-0.2, 0) is 6.54 Å². The van der Waals surface area contributed by atoms with E-state index in [0.29, 0.717) is 18.5 Å². The molecule has 1 atom stereocenters. The average Bonchev–Trinajstić information content (AvgIpc) is 2.89. The lowest BCUT2D eigenvalue weighted by Crippen LogP contribution is -2.37. The second-order valence-corrected chi connectivity index (χ2v) is 5.58. The van der Waals surface area contributed by atoms with Crippen LogP contribution in [-0.4, -0.2) is 15.2 Å². The van der Waals surface area contributed by atoms with Crippen LogP contribution in [0, 0.1) is 5.92 Å². The van der Waals surface area contributed by atoms with Crippen LogP contribution in [0.1, 0.15) is 44.6 Å². The quantitative estimate of drug-likeness (QED) is 0.860. The molecule has 0 amide bonds. The molecule has 1 unspecified atom stereocenters. The van der Waals surface area contributed by atoms with Gasteiger partial charge in [-0.3, -0.25) is 9.13 Å². The van der Waals surface area contributed by atoms with Gasteiger partial charge in [0.05, 0.1) is 0 Å². The topological polar surface area (TPSA) is 52.9 Å². The third kappa shape index (κ3) is 2.18. The van der Waals surface area contributed by atoms with Gasteiger partial charge in [-0.25, -0.2) is 4.79 Å². The Balaban J connectivity index is 1.69. The number of rotatable bonds is 4. The van der Waals surface area contributed by atoms with Crippen molar-refractivity contribution < 1.29 is 0 Å². The summed E-state index contributed by atoms with van der Waals surface area (Å²) in [4.78, 5) is 12.1. The number of hydrogen-bond donors (Lipinski definition) is 1. The van der Waals surface area contributed by atoms with Gasteiger partial charge in [-0.2, -0.15) is 0 Å². The lowest BCUT2D eigenvalue weighted by Gasteiger charge is -2.18. The molecule has 4 heteroatoms. The van der Waals surface area contributed by atoms with E-state index < -0.39 is 0 Å². The Hall–Kier alpha value is -1.03. The van der Waals surface area contributed by atoms with Crippen LogP contribution >= 0.6 is 0 Å². The van der Waals surface area contributed by atoms with Gasteiger partial charge in [0.1, 0.15) is 0 Å². The molecule has 0 radical (unpaired) electrons. The minimum atomic E-state index is 0.126. The van der Waals surface area contributed by atoms with Crippen molar-refractivity contribution in [2.24, 2.45) is 11.7 Å². The van der Waals surface area contributed by atoms with Gasteiger partial charge in [-0.1, -0.05) is 12.8 Å². The molecule has 0 aliphatic heterocycles. The Morgan fingerprint density at radius 3 is 2.59 bits per heavy atom. The van der Waals surface area contributed by atoms with Crippen LogP contribution in [0.25, 0.3) is 0 Å². The summed E-state index contributed by atoms with van der Waals surface area (Å²) in [5.74, 6) is 0.617. The maximum absolute atomic E-state index is 12.1. The summed E-state index contributed by atoms with van der Waals surface area (Å²) < 4.78 is 3.66. The summed E-state index contributed by atoms with van der Waals surface area (Å²) in [5, 5.41) is 0. The minimum Gasteiger partial charge on any atom is -0.326 e. The highest BCUT2D eigenvalue weighted by Crippen LogP contribution is 2.33. The van der Waals surface area contributed by atoms with Crippen LogP contribution in [0.15, 0.2) is 17.2 Å². The van der Waals surface area contributed by atoms with Crippen molar-refractivity contribution in [1.29, 1.82) is 0 Å². The Morgan fingerprint density at radius 2 is 1.94 bits per heavy atom. The van der Waals surface area contributed by atoms with Gasteiger partial charge < -0.3 is 5.73 Å². The molecule has 2 N–H and O–H groups in total. The first kappa shape index (κ1) is 11.1. The summed E-state index contributed by atoms with van der Waals surface area (Å²) in [5.41, 5.74) is 6.34. The molecule has 2 saturated carbocycles. The fourth-order valence-corrected chi connectivity index (χ4v) is 2.96. The molecule has 1 aromatic heterocycles. The average molecular weight is 235 g/mol. The van der Waals surface area contributed by atoms with E-state index in [1.165, 1.54) is 25.7 Å². The third-order valence-electron chi connectivity index (χ3n) is 4.23. The van der Waals surface area contributed by atoms with Crippen LogP contribution in [0.3, 0.4) is 0 Å². The summed E-state index contributed by atoms with van der Waals surface area (Å²) in [6.45, 7) is 0.684. The number of imidazole rings is 1. The smallest absolute Gasteiger partial charge is 0.326 e. The zero-order valence-electron chi connectivity index (χ0n) is 10.2. The zero-order chi connectivity index (χ0) is 11.8. The maximum atomic E-state index is 12.1. The Kier molecular flexibility index (Phi) is 2.82. The van der Waals surface area contributed by atoms with Crippen molar-refractivity contribution in [2.75, 3.05) is 0 Å². The lowest BCUT2D eigenvalue weighted by molar-refractivity contribution is 0.381. The second kappa shape index (κ2) is 4.33. The van der Waals surface area contributed by atoms with Gasteiger partial charge in [0.25, 0.3) is 0 Å². The molecule has 1 heterocycles. The molecule has 2 fully saturated rings. The molecule has 17 heavy (non-hydrogen) atoms. The van der Waals surface area contributed by atoms with E-state index in [1.54, 1.807) is 4.57 Å². The summed E-state index contributed by atoms with van der Waals surface area (Å²) in [6, 6.07) is 0.608. The third-order valence-corrected chi connectivity index (χ3v) is 4.23. The monoisotopic (exact) mass is 235 g/mol. The van der Waals surface area contributed by atoms with E-state index in [0.717, 1.165) is 12.8 Å². The predicted molar refractivity (Wildman–Crippen MR) is 66.9 cm³/mol. The van der Waals surface area contributed by atoms with Crippen molar-refractivity contribution in [3.05, 3.63) is 22.9 Å². The highest BCUT2D eigenvalue weighted by molar-refractivity contribution is 4.92. The normalized spacial score (nSPS) is 23.1. The summed E-state index contributed by atoms with van der Waals surface area (Å²) in [7, 11) is 0. The molecule has 0 saturated heterocycles. The number of hydrogen-bond acceptors (Lipinski definition) is 2. The van der Waals surface area contributed by atoms with Crippen molar-refractivity contribution in [1.82, 2.24) is 9.13 Å². The SMILES string of the molecule is NC(Cn1ccn(C2CC2)c1=O)C1CCCC1. The van der Waals surface area contributed by atoms with E-state index in [9.17, 15) is 4.79 Å². The molecule has 94 valence electrons. The van der Waals surface area contributed by atoms with E-state index in [2.05, 4.69) is 0 Å². The first-order valence-corrected chi connectivity index (χ1v) is 6.78. The molecule has 2 aliphatic rings. The zero-order valence-corrected chi connectivity index (χ0v) is 10.2. The maximum Gasteiger partial charge on any atom is 0.328 e. The van der Waals surface area contributed by atoms with E-state index >= 15 is 0 Å². The molecule has 0 aromatic carbocycles. The number of aromatic nitrogens is 2. The molecule has 2 aliphatic carbocycles. The molecular formula is C13H21N3O. The van der Waals surface area contributed by atoms with Crippen molar-refractivity contribution in [3.63, 3.8) is 0 Å². The van der Waals surface area contributed by atoms with E-state index in [4.69, 9.17) is 5.73 Å². The van der Waals surface area contributed by atoms with Gasteiger partial charge in [-0.05, 0) is 31.6 Å². The first-order valence-electron chi connectivity index (χ1n) is 6.78. The van der Waals surface area contributed by atoms with Crippen molar-refractivity contribution in [2.45, 2.75) is 57.2 Å². The van der Waals surface area contributed by atoms with Gasteiger partial charge in [0.15, 0.2) is 0 Å². The van der Waals surface area contributed by atoms with Crippen LogP contribution in [0.4, 0.5) is 0 Å². The van der Waals surface area contributed by atoms with Crippen molar-refractivity contribution >= 4 is 0 Å². The molecule has 0 bridgehead atoms. The standard InChI is InChI=1S/C13H21N3O/c14-12(10-3-1-2-4-10)9-15-7-8-16(13(15)17)11-5-6-11/h7-8,10-12H,1-6,9,14H2. The molecular weight excluding hydrogens is 214 g/mol. The number of nitrogens with zero attached hydrogens (tertiary/aromatic N) is 2. The molecule has 3 rings (SSSR count). The Bertz CT molecular complexity index is 438. The molecule has 4 nitrogen and oxygen atoms in total. The van der Waals surface area contributed by atoms with Gasteiger partial charge >= 0.3 is 5.69 Å². The summed E-state index contributed by atoms with van der Waals surface area (Å²) in [6.07, 6.45) is 11.2. The fourth-order valence-electron chi connectivity index (χ4n) is 2.96. The first-order chi connectivity index (χ1) is 8.25. The van der Waals surface area contributed by atoms with Crippen molar-refractivity contribution in [3.8, 4) is 0 Å². The summed E-state index contributed by atoms with van der Waals surface area (Å²) >= 11 is 0.